The second-order valence-electron chi connectivity index (χ2n) is 8.43. The van der Waals surface area contributed by atoms with E-state index in [0.717, 1.165) is 56.5 Å². The summed E-state index contributed by atoms with van der Waals surface area (Å²) in [6.07, 6.45) is 7.42. The first-order valence-electron chi connectivity index (χ1n) is 10.4. The third-order valence-corrected chi connectivity index (χ3v) is 5.56. The van der Waals surface area contributed by atoms with Crippen LogP contribution in [-0.2, 0) is 19.5 Å². The summed E-state index contributed by atoms with van der Waals surface area (Å²) in [5.74, 6) is 3.26. The van der Waals surface area contributed by atoms with Gasteiger partial charge in [-0.25, -0.2) is 19.9 Å². The summed E-state index contributed by atoms with van der Waals surface area (Å²) in [6, 6.07) is 0. The maximum Gasteiger partial charge on any atom is 0.224 e. The third kappa shape index (κ3) is 3.94. The van der Waals surface area contributed by atoms with Crippen LogP contribution in [0.2, 0.25) is 0 Å². The summed E-state index contributed by atoms with van der Waals surface area (Å²) in [6.45, 7) is 9.36. The molecule has 150 valence electrons. The molecule has 0 atom stereocenters. The van der Waals surface area contributed by atoms with Crippen molar-refractivity contribution in [3.63, 3.8) is 0 Å². The van der Waals surface area contributed by atoms with Crippen molar-refractivity contribution in [1.82, 2.24) is 24.8 Å². The Bertz CT molecular complexity index is 810. The van der Waals surface area contributed by atoms with Crippen LogP contribution in [0.3, 0.4) is 0 Å². The molecule has 1 fully saturated rings. The van der Waals surface area contributed by atoms with Crippen molar-refractivity contribution < 1.29 is 0 Å². The van der Waals surface area contributed by atoms with Gasteiger partial charge < -0.3 is 9.80 Å². The Balaban J connectivity index is 1.55. The fourth-order valence-corrected chi connectivity index (χ4v) is 3.99. The molecule has 0 spiro atoms. The fraction of sp³-hybridized carbons (Fsp3) is 0.619. The first-order chi connectivity index (χ1) is 13.5. The van der Waals surface area contributed by atoms with Gasteiger partial charge in [0.2, 0.25) is 5.95 Å². The minimum absolute atomic E-state index is 0.342. The van der Waals surface area contributed by atoms with Gasteiger partial charge in [0.1, 0.15) is 11.6 Å². The van der Waals surface area contributed by atoms with Crippen molar-refractivity contribution >= 4 is 11.8 Å². The molecule has 1 saturated heterocycles. The van der Waals surface area contributed by atoms with E-state index >= 15 is 0 Å². The minimum atomic E-state index is 0.342. The molecule has 0 aromatic carbocycles. The Morgan fingerprint density at radius 1 is 1.04 bits per heavy atom. The largest absolute Gasteiger partial charge is 0.356 e. The van der Waals surface area contributed by atoms with E-state index in [4.69, 9.17) is 9.97 Å². The van der Waals surface area contributed by atoms with Gasteiger partial charge in [-0.2, -0.15) is 0 Å². The van der Waals surface area contributed by atoms with Crippen LogP contribution in [-0.4, -0.2) is 58.6 Å². The molecule has 28 heavy (non-hydrogen) atoms. The molecule has 2 aromatic rings. The Labute approximate surface area is 167 Å². The van der Waals surface area contributed by atoms with Crippen molar-refractivity contribution in [3.8, 4) is 0 Å². The molecule has 2 aliphatic heterocycles. The Morgan fingerprint density at radius 2 is 1.75 bits per heavy atom. The summed E-state index contributed by atoms with van der Waals surface area (Å²) >= 11 is 0. The van der Waals surface area contributed by atoms with Gasteiger partial charge in [-0.1, -0.05) is 13.8 Å². The summed E-state index contributed by atoms with van der Waals surface area (Å²) in [4.78, 5) is 25.7. The Kier molecular flexibility index (Phi) is 5.44. The fourth-order valence-electron chi connectivity index (χ4n) is 3.99. The predicted octanol–water partition coefficient (Wildman–Crippen LogP) is 2.61. The van der Waals surface area contributed by atoms with Gasteiger partial charge in [0.05, 0.1) is 5.69 Å². The molecular weight excluding hydrogens is 350 g/mol. The van der Waals surface area contributed by atoms with Crippen LogP contribution < -0.4 is 9.80 Å². The molecule has 0 bridgehead atoms. The molecule has 7 heteroatoms. The molecule has 0 radical (unpaired) electrons. The molecule has 4 heterocycles. The Morgan fingerprint density at radius 3 is 2.39 bits per heavy atom. The molecule has 2 aromatic heterocycles. The Hall–Kier alpha value is -2.28. The van der Waals surface area contributed by atoms with Crippen molar-refractivity contribution in [1.29, 1.82) is 0 Å². The van der Waals surface area contributed by atoms with Crippen molar-refractivity contribution in [2.45, 2.75) is 52.1 Å². The molecule has 0 aliphatic carbocycles. The highest BCUT2D eigenvalue weighted by atomic mass is 15.2. The normalized spacial score (nSPS) is 17.2. The molecular formula is C21H31N7. The van der Waals surface area contributed by atoms with E-state index in [-0.39, 0.29) is 0 Å². The lowest BCUT2D eigenvalue weighted by Crippen LogP contribution is -2.34. The lowest BCUT2D eigenvalue weighted by Gasteiger charge is -2.31. The smallest absolute Gasteiger partial charge is 0.224 e. The SMILES string of the molecule is CC(C)c1nc2c(c(N3CCCC3)n1)CCN(Cc1cnc(N(C)C)nc1)C2. The van der Waals surface area contributed by atoms with Gasteiger partial charge >= 0.3 is 0 Å². The highest BCUT2D eigenvalue weighted by molar-refractivity contribution is 5.51. The van der Waals surface area contributed by atoms with Crippen molar-refractivity contribution in [3.05, 3.63) is 35.0 Å². The first-order valence-corrected chi connectivity index (χ1v) is 10.4. The van der Waals surface area contributed by atoms with Crippen LogP contribution in [0.15, 0.2) is 12.4 Å². The number of anilines is 2. The van der Waals surface area contributed by atoms with E-state index in [2.05, 4.69) is 33.6 Å². The van der Waals surface area contributed by atoms with Gasteiger partial charge in [0.15, 0.2) is 0 Å². The van der Waals surface area contributed by atoms with E-state index in [9.17, 15) is 0 Å². The predicted molar refractivity (Wildman–Crippen MR) is 112 cm³/mol. The lowest BCUT2D eigenvalue weighted by molar-refractivity contribution is 0.240. The van der Waals surface area contributed by atoms with E-state index in [1.54, 1.807) is 0 Å². The standard InChI is InChI=1S/C21H31N7/c1-15(2)19-24-18-14-27(13-16-11-22-21(23-12-16)26(3)4)10-7-17(18)20(25-19)28-8-5-6-9-28/h11-12,15H,5-10,13-14H2,1-4H3. The average Bonchev–Trinajstić information content (AvgIpc) is 3.22. The van der Waals surface area contributed by atoms with Crippen LogP contribution in [0.25, 0.3) is 0 Å². The molecule has 2 aliphatic rings. The summed E-state index contributed by atoms with van der Waals surface area (Å²) < 4.78 is 0. The quantitative estimate of drug-likeness (QED) is 0.789. The zero-order chi connectivity index (χ0) is 19.7. The second kappa shape index (κ2) is 7.99. The van der Waals surface area contributed by atoms with E-state index < -0.39 is 0 Å². The first kappa shape index (κ1) is 19.1. The second-order valence-corrected chi connectivity index (χ2v) is 8.43. The zero-order valence-corrected chi connectivity index (χ0v) is 17.5. The van der Waals surface area contributed by atoms with Crippen LogP contribution in [0, 0.1) is 0 Å². The van der Waals surface area contributed by atoms with Crippen LogP contribution in [0.1, 0.15) is 55.3 Å². The average molecular weight is 382 g/mol. The lowest BCUT2D eigenvalue weighted by atomic mass is 10.0. The third-order valence-electron chi connectivity index (χ3n) is 5.56. The van der Waals surface area contributed by atoms with Gasteiger partial charge in [0.25, 0.3) is 0 Å². The van der Waals surface area contributed by atoms with Crippen molar-refractivity contribution in [2.24, 2.45) is 0 Å². The monoisotopic (exact) mass is 381 g/mol. The number of hydrogen-bond acceptors (Lipinski definition) is 7. The number of fused-ring (bicyclic) bond motifs is 1. The summed E-state index contributed by atoms with van der Waals surface area (Å²) in [5.41, 5.74) is 3.71. The highest BCUT2D eigenvalue weighted by Crippen LogP contribution is 2.30. The van der Waals surface area contributed by atoms with E-state index in [1.165, 1.54) is 29.9 Å². The highest BCUT2D eigenvalue weighted by Gasteiger charge is 2.27. The molecule has 0 saturated carbocycles. The van der Waals surface area contributed by atoms with Gasteiger partial charge in [-0.05, 0) is 19.3 Å². The van der Waals surface area contributed by atoms with E-state index in [0.29, 0.717) is 5.92 Å². The molecule has 7 nitrogen and oxygen atoms in total. The van der Waals surface area contributed by atoms with Crippen LogP contribution in [0.5, 0.6) is 0 Å². The number of rotatable bonds is 5. The number of hydrogen-bond donors (Lipinski definition) is 0. The minimum Gasteiger partial charge on any atom is -0.356 e. The number of aromatic nitrogens is 4. The molecule has 0 N–H and O–H groups in total. The van der Waals surface area contributed by atoms with Gasteiger partial charge in [-0.15, -0.1) is 0 Å². The van der Waals surface area contributed by atoms with E-state index in [1.807, 2.05) is 31.4 Å². The molecule has 0 unspecified atom stereocenters. The van der Waals surface area contributed by atoms with Gasteiger partial charge in [0, 0.05) is 76.3 Å². The van der Waals surface area contributed by atoms with Crippen LogP contribution in [0.4, 0.5) is 11.8 Å². The van der Waals surface area contributed by atoms with Gasteiger partial charge in [-0.3, -0.25) is 4.90 Å². The van der Waals surface area contributed by atoms with Crippen LogP contribution >= 0.6 is 0 Å². The molecule has 0 amide bonds. The maximum absolute atomic E-state index is 4.97. The topological polar surface area (TPSA) is 61.3 Å². The van der Waals surface area contributed by atoms with Crippen molar-refractivity contribution in [2.75, 3.05) is 43.5 Å². The number of nitrogens with zero attached hydrogens (tertiary/aromatic N) is 7. The zero-order valence-electron chi connectivity index (χ0n) is 17.5. The summed E-state index contributed by atoms with van der Waals surface area (Å²) in [5, 5.41) is 0. The summed E-state index contributed by atoms with van der Waals surface area (Å²) in [7, 11) is 3.92. The molecule has 4 rings (SSSR count). The maximum atomic E-state index is 4.97.